The van der Waals surface area contributed by atoms with Gasteiger partial charge in [-0.3, -0.25) is 10.1 Å². The van der Waals surface area contributed by atoms with Crippen LogP contribution in [0.3, 0.4) is 0 Å². The van der Waals surface area contributed by atoms with Crippen LogP contribution in [0.5, 0.6) is 5.75 Å². The van der Waals surface area contributed by atoms with Gasteiger partial charge < -0.3 is 14.8 Å². The highest BCUT2D eigenvalue weighted by Gasteiger charge is 2.16. The van der Waals surface area contributed by atoms with Gasteiger partial charge in [0.1, 0.15) is 5.75 Å². The zero-order valence-electron chi connectivity index (χ0n) is 17.1. The average Bonchev–Trinajstić information content (AvgIpc) is 3.26. The molecule has 0 aliphatic carbocycles. The number of benzene rings is 2. The Labute approximate surface area is 172 Å². The third kappa shape index (κ3) is 6.32. The second-order valence-electron chi connectivity index (χ2n) is 6.91. The Hall–Kier alpha value is -2.86. The van der Waals surface area contributed by atoms with Crippen molar-refractivity contribution in [2.45, 2.75) is 39.2 Å². The molecule has 1 aliphatic rings. The van der Waals surface area contributed by atoms with Gasteiger partial charge in [-0.25, -0.2) is 4.99 Å². The van der Waals surface area contributed by atoms with Gasteiger partial charge in [-0.2, -0.15) is 0 Å². The molecular formula is C23H29N3O3. The van der Waals surface area contributed by atoms with E-state index in [9.17, 15) is 4.79 Å². The van der Waals surface area contributed by atoms with E-state index in [4.69, 9.17) is 9.47 Å². The number of hydrogen-bond donors (Lipinski definition) is 2. The molecule has 1 saturated heterocycles. The second kappa shape index (κ2) is 10.6. The normalized spacial score (nSPS) is 16.5. The van der Waals surface area contributed by atoms with Crippen LogP contribution in [0.15, 0.2) is 53.5 Å². The van der Waals surface area contributed by atoms with E-state index in [-0.39, 0.29) is 12.0 Å². The van der Waals surface area contributed by atoms with E-state index < -0.39 is 0 Å². The number of amides is 1. The van der Waals surface area contributed by atoms with Crippen molar-refractivity contribution in [3.63, 3.8) is 0 Å². The summed E-state index contributed by atoms with van der Waals surface area (Å²) in [6, 6.07) is 15.2. The van der Waals surface area contributed by atoms with Crippen molar-refractivity contribution in [3.05, 3.63) is 59.7 Å². The first-order valence-corrected chi connectivity index (χ1v) is 10.2. The van der Waals surface area contributed by atoms with Gasteiger partial charge in [0.2, 0.25) is 5.96 Å². The number of guanidine groups is 1. The van der Waals surface area contributed by atoms with Crippen molar-refractivity contribution in [2.24, 2.45) is 4.99 Å². The van der Waals surface area contributed by atoms with E-state index in [1.807, 2.05) is 19.1 Å². The van der Waals surface area contributed by atoms with Gasteiger partial charge in [-0.1, -0.05) is 19.1 Å². The molecule has 0 bridgehead atoms. The van der Waals surface area contributed by atoms with Gasteiger partial charge in [0, 0.05) is 17.9 Å². The summed E-state index contributed by atoms with van der Waals surface area (Å²) in [5.41, 5.74) is 2.65. The predicted molar refractivity (Wildman–Crippen MR) is 116 cm³/mol. The van der Waals surface area contributed by atoms with Crippen molar-refractivity contribution in [1.82, 2.24) is 5.32 Å². The number of hydrogen-bond acceptors (Lipinski definition) is 4. The molecule has 6 heteroatoms. The molecule has 0 spiro atoms. The highest BCUT2D eigenvalue weighted by atomic mass is 16.5. The number of carbonyl (C=O) groups excluding carboxylic acids is 1. The zero-order chi connectivity index (χ0) is 20.5. The van der Waals surface area contributed by atoms with Crippen molar-refractivity contribution in [2.75, 3.05) is 25.1 Å². The van der Waals surface area contributed by atoms with Gasteiger partial charge >= 0.3 is 0 Å². The summed E-state index contributed by atoms with van der Waals surface area (Å²) in [4.78, 5) is 17.3. The topological polar surface area (TPSA) is 72.0 Å². The number of aryl methyl sites for hydroxylation is 1. The maximum Gasteiger partial charge on any atom is 0.257 e. The maximum absolute atomic E-state index is 12.7. The van der Waals surface area contributed by atoms with E-state index >= 15 is 0 Å². The highest BCUT2D eigenvalue weighted by Crippen LogP contribution is 2.15. The summed E-state index contributed by atoms with van der Waals surface area (Å²) >= 11 is 0. The fourth-order valence-electron chi connectivity index (χ4n) is 3.15. The highest BCUT2D eigenvalue weighted by molar-refractivity contribution is 6.10. The number of anilines is 1. The molecular weight excluding hydrogens is 366 g/mol. The Bertz CT molecular complexity index is 828. The molecule has 0 aromatic heterocycles. The molecule has 1 amide bonds. The van der Waals surface area contributed by atoms with Crippen LogP contribution in [0.25, 0.3) is 0 Å². The van der Waals surface area contributed by atoms with Crippen molar-refractivity contribution in [1.29, 1.82) is 0 Å². The largest absolute Gasteiger partial charge is 0.494 e. The van der Waals surface area contributed by atoms with Gasteiger partial charge in [0.25, 0.3) is 5.91 Å². The smallest absolute Gasteiger partial charge is 0.257 e. The van der Waals surface area contributed by atoms with Gasteiger partial charge in [0.05, 0.1) is 19.3 Å². The first kappa shape index (κ1) is 20.9. The van der Waals surface area contributed by atoms with Crippen LogP contribution in [-0.4, -0.2) is 37.7 Å². The second-order valence-corrected chi connectivity index (χ2v) is 6.91. The molecule has 6 nitrogen and oxygen atoms in total. The van der Waals surface area contributed by atoms with E-state index in [2.05, 4.69) is 34.7 Å². The molecule has 1 atom stereocenters. The van der Waals surface area contributed by atoms with E-state index in [1.165, 1.54) is 5.56 Å². The van der Waals surface area contributed by atoms with Crippen LogP contribution in [0.4, 0.5) is 5.69 Å². The Morgan fingerprint density at radius 1 is 1.21 bits per heavy atom. The van der Waals surface area contributed by atoms with Crippen molar-refractivity contribution >= 4 is 17.6 Å². The molecule has 154 valence electrons. The fraction of sp³-hybridized carbons (Fsp3) is 0.391. The van der Waals surface area contributed by atoms with E-state index in [0.717, 1.165) is 37.3 Å². The Kier molecular flexibility index (Phi) is 7.64. The predicted octanol–water partition coefficient (Wildman–Crippen LogP) is 4.02. The molecule has 0 unspecified atom stereocenters. The molecule has 3 rings (SSSR count). The van der Waals surface area contributed by atoms with Crippen LogP contribution in [0, 0.1) is 0 Å². The zero-order valence-corrected chi connectivity index (χ0v) is 17.1. The summed E-state index contributed by atoms with van der Waals surface area (Å²) in [6.07, 6.45) is 3.10. The SMILES string of the molecule is CCOc1ccc(C(=O)NC(=NC[C@H]2CCCO2)Nc2cccc(CC)c2)cc1. The van der Waals surface area contributed by atoms with Gasteiger partial charge in [-0.15, -0.1) is 0 Å². The van der Waals surface area contributed by atoms with Crippen LogP contribution in [0.2, 0.25) is 0 Å². The molecule has 1 fully saturated rings. The molecule has 1 aliphatic heterocycles. The number of carbonyl (C=O) groups is 1. The molecule has 2 N–H and O–H groups in total. The summed E-state index contributed by atoms with van der Waals surface area (Å²) < 4.78 is 11.1. The van der Waals surface area contributed by atoms with Crippen LogP contribution in [0.1, 0.15) is 42.6 Å². The lowest BCUT2D eigenvalue weighted by molar-refractivity contribution is 0.0975. The molecule has 29 heavy (non-hydrogen) atoms. The third-order valence-corrected chi connectivity index (χ3v) is 4.73. The molecule has 1 heterocycles. The molecule has 0 radical (unpaired) electrons. The Balaban J connectivity index is 1.72. The van der Waals surface area contributed by atoms with Crippen LogP contribution >= 0.6 is 0 Å². The number of nitrogens with zero attached hydrogens (tertiary/aromatic N) is 1. The van der Waals surface area contributed by atoms with Crippen molar-refractivity contribution in [3.8, 4) is 5.75 Å². The minimum absolute atomic E-state index is 0.108. The first-order chi connectivity index (χ1) is 14.2. The maximum atomic E-state index is 12.7. The third-order valence-electron chi connectivity index (χ3n) is 4.73. The van der Waals surface area contributed by atoms with Crippen molar-refractivity contribution < 1.29 is 14.3 Å². The fourth-order valence-corrected chi connectivity index (χ4v) is 3.15. The minimum Gasteiger partial charge on any atom is -0.494 e. The minimum atomic E-state index is -0.224. The lowest BCUT2D eigenvalue weighted by Crippen LogP contribution is -2.36. The van der Waals surface area contributed by atoms with Crippen LogP contribution in [-0.2, 0) is 11.2 Å². The summed E-state index contributed by atoms with van der Waals surface area (Å²) in [5, 5.41) is 6.15. The Morgan fingerprint density at radius 3 is 2.72 bits per heavy atom. The molecule has 0 saturated carbocycles. The van der Waals surface area contributed by atoms with Crippen LogP contribution < -0.4 is 15.4 Å². The molecule has 2 aromatic rings. The molecule has 2 aromatic carbocycles. The summed E-state index contributed by atoms with van der Waals surface area (Å²) in [5.74, 6) is 0.941. The first-order valence-electron chi connectivity index (χ1n) is 10.2. The standard InChI is InChI=1S/C23H29N3O3/c1-3-17-7-5-8-19(15-17)25-23(24-16-21-9-6-14-29-21)26-22(27)18-10-12-20(13-11-18)28-4-2/h5,7-8,10-13,15,21H,3-4,6,9,14,16H2,1-2H3,(H2,24,25,26,27)/t21-/m1/s1. The monoisotopic (exact) mass is 395 g/mol. The number of aliphatic imine (C=N–C) groups is 1. The number of ether oxygens (including phenoxy) is 2. The Morgan fingerprint density at radius 2 is 2.03 bits per heavy atom. The van der Waals surface area contributed by atoms with E-state index in [0.29, 0.717) is 24.7 Å². The number of nitrogens with one attached hydrogen (secondary N) is 2. The summed E-state index contributed by atoms with van der Waals surface area (Å²) in [7, 11) is 0. The lowest BCUT2D eigenvalue weighted by Gasteiger charge is -2.14. The summed E-state index contributed by atoms with van der Waals surface area (Å²) in [6.45, 7) is 5.92. The van der Waals surface area contributed by atoms with E-state index in [1.54, 1.807) is 24.3 Å². The average molecular weight is 396 g/mol. The number of rotatable bonds is 7. The van der Waals surface area contributed by atoms with Gasteiger partial charge in [0.15, 0.2) is 0 Å². The quantitative estimate of drug-likeness (QED) is 0.549. The lowest BCUT2D eigenvalue weighted by atomic mass is 10.1. The van der Waals surface area contributed by atoms with Gasteiger partial charge in [-0.05, 0) is 68.1 Å².